The van der Waals surface area contributed by atoms with Crippen molar-refractivity contribution >= 4 is 33.2 Å². The fraction of sp³-hybridized carbons (Fsp3) is 0.429. The number of hydrogen-bond acceptors (Lipinski definition) is 3. The van der Waals surface area contributed by atoms with Crippen molar-refractivity contribution in [1.82, 2.24) is 14.8 Å². The first-order valence-electron chi connectivity index (χ1n) is 6.55. The van der Waals surface area contributed by atoms with Gasteiger partial charge in [-0.15, -0.1) is 0 Å². The van der Waals surface area contributed by atoms with Gasteiger partial charge in [0.05, 0.1) is 28.1 Å². The Morgan fingerprint density at radius 2 is 2.15 bits per heavy atom. The van der Waals surface area contributed by atoms with Gasteiger partial charge in [-0.05, 0) is 49.7 Å². The summed E-state index contributed by atoms with van der Waals surface area (Å²) in [5.41, 5.74) is 4.42. The lowest BCUT2D eigenvalue weighted by molar-refractivity contribution is 0.632. The number of aryl methyl sites for hydroxylation is 2. The molecule has 0 saturated heterocycles. The monoisotopic (exact) mass is 356 g/mol. The van der Waals surface area contributed by atoms with Crippen LogP contribution in [0, 0.1) is 13.8 Å². The first-order valence-corrected chi connectivity index (χ1v) is 7.72. The van der Waals surface area contributed by atoms with Crippen molar-refractivity contribution in [2.75, 3.05) is 5.32 Å². The second-order valence-electron chi connectivity index (χ2n) is 4.76. The van der Waals surface area contributed by atoms with Crippen LogP contribution in [-0.4, -0.2) is 14.8 Å². The first kappa shape index (κ1) is 15.3. The Labute approximate surface area is 132 Å². The lowest BCUT2D eigenvalue weighted by Crippen LogP contribution is -2.09. The van der Waals surface area contributed by atoms with E-state index in [0.717, 1.165) is 22.4 Å². The fourth-order valence-electron chi connectivity index (χ4n) is 2.47. The van der Waals surface area contributed by atoms with Crippen LogP contribution in [0.5, 0.6) is 0 Å². The van der Waals surface area contributed by atoms with Crippen LogP contribution in [0.15, 0.2) is 16.7 Å². The van der Waals surface area contributed by atoms with Crippen molar-refractivity contribution < 1.29 is 0 Å². The Morgan fingerprint density at radius 3 is 2.70 bits per heavy atom. The minimum atomic E-state index is 0.158. The SMILES string of the molecule is CCn1nc(C)c(C(C)Nc2cnc(Cl)c(Br)c2)c1C. The molecule has 1 atom stereocenters. The molecule has 4 nitrogen and oxygen atoms in total. The maximum atomic E-state index is 5.91. The van der Waals surface area contributed by atoms with Crippen LogP contribution < -0.4 is 5.32 Å². The molecule has 6 heteroatoms. The lowest BCUT2D eigenvalue weighted by Gasteiger charge is -2.16. The molecule has 2 rings (SSSR count). The molecule has 0 saturated carbocycles. The number of halogens is 2. The van der Waals surface area contributed by atoms with Gasteiger partial charge in [0.15, 0.2) is 0 Å². The van der Waals surface area contributed by atoms with Crippen molar-refractivity contribution in [2.45, 2.75) is 40.3 Å². The molecule has 2 aromatic heterocycles. The summed E-state index contributed by atoms with van der Waals surface area (Å²) in [5, 5.41) is 8.46. The number of anilines is 1. The molecule has 20 heavy (non-hydrogen) atoms. The summed E-state index contributed by atoms with van der Waals surface area (Å²) in [7, 11) is 0. The zero-order chi connectivity index (χ0) is 14.9. The number of pyridine rings is 1. The normalized spacial score (nSPS) is 12.5. The molecule has 0 aliphatic rings. The van der Waals surface area contributed by atoms with E-state index in [1.165, 1.54) is 11.3 Å². The molecule has 2 aromatic rings. The molecule has 1 unspecified atom stereocenters. The van der Waals surface area contributed by atoms with Gasteiger partial charge in [0.1, 0.15) is 5.15 Å². The zero-order valence-corrected chi connectivity index (χ0v) is 14.4. The molecule has 0 bridgehead atoms. The number of hydrogen-bond donors (Lipinski definition) is 1. The summed E-state index contributed by atoms with van der Waals surface area (Å²) in [5.74, 6) is 0. The fourth-order valence-corrected chi connectivity index (χ4v) is 2.92. The van der Waals surface area contributed by atoms with Gasteiger partial charge in [0, 0.05) is 17.8 Å². The topological polar surface area (TPSA) is 42.7 Å². The molecular formula is C14H18BrClN4. The summed E-state index contributed by atoms with van der Waals surface area (Å²) < 4.78 is 2.81. The Morgan fingerprint density at radius 1 is 1.45 bits per heavy atom. The van der Waals surface area contributed by atoms with Crippen molar-refractivity contribution in [3.63, 3.8) is 0 Å². The van der Waals surface area contributed by atoms with Crippen molar-refractivity contribution in [1.29, 1.82) is 0 Å². The summed E-state index contributed by atoms with van der Waals surface area (Å²) in [6, 6.07) is 2.09. The van der Waals surface area contributed by atoms with Gasteiger partial charge in [-0.2, -0.15) is 5.10 Å². The summed E-state index contributed by atoms with van der Waals surface area (Å²) in [4.78, 5) is 4.13. The minimum absolute atomic E-state index is 0.158. The average Bonchev–Trinajstić information content (AvgIpc) is 2.68. The van der Waals surface area contributed by atoms with Crippen molar-refractivity contribution in [3.05, 3.63) is 38.8 Å². The van der Waals surface area contributed by atoms with E-state index in [4.69, 9.17) is 11.6 Å². The van der Waals surface area contributed by atoms with Crippen LogP contribution in [0.3, 0.4) is 0 Å². The van der Waals surface area contributed by atoms with E-state index in [1.807, 2.05) is 17.7 Å². The van der Waals surface area contributed by atoms with Gasteiger partial charge in [0.25, 0.3) is 0 Å². The maximum absolute atomic E-state index is 5.91. The van der Waals surface area contributed by atoms with Gasteiger partial charge in [-0.1, -0.05) is 11.6 Å². The molecule has 108 valence electrons. The van der Waals surface area contributed by atoms with Crippen molar-refractivity contribution in [2.24, 2.45) is 0 Å². The standard InChI is InChI=1S/C14H18BrClN4/c1-5-20-10(4)13(9(3)19-20)8(2)18-11-6-12(15)14(16)17-7-11/h6-8,18H,5H2,1-4H3. The molecule has 0 radical (unpaired) electrons. The Hall–Kier alpha value is -1.07. The number of nitrogens with zero attached hydrogens (tertiary/aromatic N) is 3. The Kier molecular flexibility index (Phi) is 4.70. The quantitative estimate of drug-likeness (QED) is 0.819. The minimum Gasteiger partial charge on any atom is -0.377 e. The Balaban J connectivity index is 2.25. The van der Waals surface area contributed by atoms with Crippen LogP contribution in [0.1, 0.15) is 36.8 Å². The molecule has 0 amide bonds. The first-order chi connectivity index (χ1) is 9.43. The highest BCUT2D eigenvalue weighted by Crippen LogP contribution is 2.28. The Bertz CT molecular complexity index is 624. The smallest absolute Gasteiger partial charge is 0.143 e. The van der Waals surface area contributed by atoms with E-state index >= 15 is 0 Å². The van der Waals surface area contributed by atoms with Crippen LogP contribution >= 0.6 is 27.5 Å². The summed E-state index contributed by atoms with van der Waals surface area (Å²) >= 11 is 9.29. The van der Waals surface area contributed by atoms with Crippen LogP contribution in [0.25, 0.3) is 0 Å². The number of nitrogens with one attached hydrogen (secondary N) is 1. The third-order valence-corrected chi connectivity index (χ3v) is 4.48. The maximum Gasteiger partial charge on any atom is 0.143 e. The van der Waals surface area contributed by atoms with Crippen LogP contribution in [0.4, 0.5) is 5.69 Å². The summed E-state index contributed by atoms with van der Waals surface area (Å²) in [6.07, 6.45) is 1.73. The van der Waals surface area contributed by atoms with Crippen molar-refractivity contribution in [3.8, 4) is 0 Å². The summed E-state index contributed by atoms with van der Waals surface area (Å²) in [6.45, 7) is 9.25. The van der Waals surface area contributed by atoms with Crippen LogP contribution in [0.2, 0.25) is 5.15 Å². The predicted molar refractivity (Wildman–Crippen MR) is 86.4 cm³/mol. The van der Waals surface area contributed by atoms with E-state index in [0.29, 0.717) is 5.15 Å². The molecule has 2 heterocycles. The molecule has 0 spiro atoms. The molecule has 0 fully saturated rings. The molecule has 0 aliphatic carbocycles. The molecule has 0 aliphatic heterocycles. The second kappa shape index (κ2) is 6.14. The number of aromatic nitrogens is 3. The van der Waals surface area contributed by atoms with Gasteiger partial charge in [-0.25, -0.2) is 4.98 Å². The predicted octanol–water partition coefficient (Wildman–Crippen LogP) is 4.50. The molecule has 1 N–H and O–H groups in total. The largest absolute Gasteiger partial charge is 0.377 e. The highest BCUT2D eigenvalue weighted by molar-refractivity contribution is 9.10. The molecule has 0 aromatic carbocycles. The highest BCUT2D eigenvalue weighted by atomic mass is 79.9. The van der Waals surface area contributed by atoms with E-state index in [1.54, 1.807) is 6.20 Å². The second-order valence-corrected chi connectivity index (χ2v) is 5.98. The lowest BCUT2D eigenvalue weighted by atomic mass is 10.1. The van der Waals surface area contributed by atoms with E-state index in [2.05, 4.69) is 52.1 Å². The average molecular weight is 358 g/mol. The third-order valence-electron chi connectivity index (χ3n) is 3.35. The van der Waals surface area contributed by atoms with Gasteiger partial charge in [-0.3, -0.25) is 4.68 Å². The van der Waals surface area contributed by atoms with E-state index < -0.39 is 0 Å². The van der Waals surface area contributed by atoms with E-state index in [9.17, 15) is 0 Å². The highest BCUT2D eigenvalue weighted by Gasteiger charge is 2.17. The van der Waals surface area contributed by atoms with E-state index in [-0.39, 0.29) is 6.04 Å². The van der Waals surface area contributed by atoms with Gasteiger partial charge < -0.3 is 5.32 Å². The zero-order valence-electron chi connectivity index (χ0n) is 12.0. The van der Waals surface area contributed by atoms with Gasteiger partial charge >= 0.3 is 0 Å². The number of rotatable bonds is 4. The molecular weight excluding hydrogens is 340 g/mol. The van der Waals surface area contributed by atoms with Gasteiger partial charge in [0.2, 0.25) is 0 Å². The van der Waals surface area contributed by atoms with Crippen LogP contribution in [-0.2, 0) is 6.54 Å². The third kappa shape index (κ3) is 2.99.